The zero-order valence-electron chi connectivity index (χ0n) is 13.3. The summed E-state index contributed by atoms with van der Waals surface area (Å²) in [6.45, 7) is 14.6. The quantitative estimate of drug-likeness (QED) is 0.596. The molecule has 1 fully saturated rings. The van der Waals surface area contributed by atoms with Crippen molar-refractivity contribution in [1.82, 2.24) is 0 Å². The average Bonchev–Trinajstić information content (AvgIpc) is 2.55. The van der Waals surface area contributed by atoms with E-state index < -0.39 is 0 Å². The van der Waals surface area contributed by atoms with E-state index in [1.807, 2.05) is 6.07 Å². The summed E-state index contributed by atoms with van der Waals surface area (Å²) in [6.07, 6.45) is 0.812. The van der Waals surface area contributed by atoms with Crippen LogP contribution < -0.4 is 0 Å². The third-order valence-electron chi connectivity index (χ3n) is 4.53. The Kier molecular flexibility index (Phi) is 4.13. The van der Waals surface area contributed by atoms with Crippen molar-refractivity contribution in [3.63, 3.8) is 0 Å². The summed E-state index contributed by atoms with van der Waals surface area (Å²) in [5, 5.41) is 0. The minimum absolute atomic E-state index is 0.179. The summed E-state index contributed by atoms with van der Waals surface area (Å²) < 4.78 is 12.2. The fraction of sp³-hybridized carbons (Fsp3) is 0.529. The molecule has 1 unspecified atom stereocenters. The largest absolute Gasteiger partial charge is 0.458 e. The van der Waals surface area contributed by atoms with Gasteiger partial charge in [-0.2, -0.15) is 0 Å². The van der Waals surface area contributed by atoms with Gasteiger partial charge < -0.3 is 9.31 Å². The average molecular weight is 272 g/mol. The standard InChI is InChI=1S/C17H25BO2/c1-13(2)15(14-10-8-7-9-11-14)12-18-19-16(3,4)17(5,6)20-18/h7-11,15H,1,12H2,2-6H3. The van der Waals surface area contributed by atoms with Gasteiger partial charge in [-0.25, -0.2) is 0 Å². The molecule has 0 bridgehead atoms. The molecule has 20 heavy (non-hydrogen) atoms. The van der Waals surface area contributed by atoms with Crippen LogP contribution in [0.25, 0.3) is 0 Å². The van der Waals surface area contributed by atoms with Gasteiger partial charge in [-0.05, 0) is 46.5 Å². The first-order valence-electron chi connectivity index (χ1n) is 7.29. The number of hydrogen-bond donors (Lipinski definition) is 0. The lowest BCUT2D eigenvalue weighted by atomic mass is 9.72. The van der Waals surface area contributed by atoms with Crippen LogP contribution in [0.4, 0.5) is 0 Å². The molecule has 2 nitrogen and oxygen atoms in total. The lowest BCUT2D eigenvalue weighted by Crippen LogP contribution is -2.41. The number of allylic oxidation sites excluding steroid dienone is 1. The van der Waals surface area contributed by atoms with Crippen molar-refractivity contribution in [1.29, 1.82) is 0 Å². The van der Waals surface area contributed by atoms with Gasteiger partial charge in [0, 0.05) is 5.92 Å². The van der Waals surface area contributed by atoms with E-state index in [-0.39, 0.29) is 24.2 Å². The van der Waals surface area contributed by atoms with Gasteiger partial charge in [-0.15, -0.1) is 0 Å². The molecule has 1 saturated heterocycles. The van der Waals surface area contributed by atoms with Gasteiger partial charge in [0.2, 0.25) is 0 Å². The maximum absolute atomic E-state index is 6.10. The van der Waals surface area contributed by atoms with Crippen LogP contribution in [0.15, 0.2) is 42.5 Å². The lowest BCUT2D eigenvalue weighted by Gasteiger charge is -2.32. The molecule has 1 heterocycles. The molecule has 0 N–H and O–H groups in total. The summed E-state index contributed by atoms with van der Waals surface area (Å²) in [4.78, 5) is 0. The Morgan fingerprint density at radius 2 is 1.60 bits per heavy atom. The summed E-state index contributed by atoms with van der Waals surface area (Å²) in [5.41, 5.74) is 1.88. The number of rotatable bonds is 4. The minimum Gasteiger partial charge on any atom is -0.403 e. The van der Waals surface area contributed by atoms with E-state index in [1.165, 1.54) is 5.56 Å². The van der Waals surface area contributed by atoms with Gasteiger partial charge in [0.25, 0.3) is 0 Å². The SMILES string of the molecule is C=C(C)C(CB1OC(C)(C)C(C)(C)O1)c1ccccc1. The summed E-state index contributed by atoms with van der Waals surface area (Å²) in [6, 6.07) is 10.5. The van der Waals surface area contributed by atoms with Crippen LogP contribution in [-0.2, 0) is 9.31 Å². The summed E-state index contributed by atoms with van der Waals surface area (Å²) >= 11 is 0. The highest BCUT2D eigenvalue weighted by Gasteiger charge is 2.51. The molecule has 1 aliphatic rings. The third kappa shape index (κ3) is 2.99. The summed E-state index contributed by atoms with van der Waals surface area (Å²) in [7, 11) is -0.179. The predicted octanol–water partition coefficient (Wildman–Crippen LogP) is 4.44. The van der Waals surface area contributed by atoms with Crippen molar-refractivity contribution >= 4 is 7.12 Å². The van der Waals surface area contributed by atoms with Gasteiger partial charge in [-0.1, -0.05) is 42.5 Å². The van der Waals surface area contributed by atoms with Crippen molar-refractivity contribution in [2.75, 3.05) is 0 Å². The van der Waals surface area contributed by atoms with E-state index in [1.54, 1.807) is 0 Å². The molecule has 0 spiro atoms. The molecule has 1 aliphatic heterocycles. The Bertz CT molecular complexity index is 463. The van der Waals surface area contributed by atoms with E-state index >= 15 is 0 Å². The van der Waals surface area contributed by atoms with Crippen LogP contribution in [0.3, 0.4) is 0 Å². The van der Waals surface area contributed by atoms with Crippen molar-refractivity contribution in [2.45, 2.75) is 58.1 Å². The van der Waals surface area contributed by atoms with Crippen LogP contribution in [0.1, 0.15) is 46.1 Å². The van der Waals surface area contributed by atoms with Crippen LogP contribution in [0.5, 0.6) is 0 Å². The zero-order valence-corrected chi connectivity index (χ0v) is 13.3. The maximum Gasteiger partial charge on any atom is 0.458 e. The van der Waals surface area contributed by atoms with Crippen molar-refractivity contribution < 1.29 is 9.31 Å². The molecule has 1 aromatic rings. The van der Waals surface area contributed by atoms with Gasteiger partial charge in [0.1, 0.15) is 0 Å². The molecule has 1 aromatic carbocycles. The van der Waals surface area contributed by atoms with E-state index in [0.717, 1.165) is 11.9 Å². The van der Waals surface area contributed by atoms with Crippen LogP contribution >= 0.6 is 0 Å². The second kappa shape index (κ2) is 5.38. The number of benzene rings is 1. The molecule has 0 saturated carbocycles. The molecule has 1 atom stereocenters. The van der Waals surface area contributed by atoms with Crippen molar-refractivity contribution in [3.05, 3.63) is 48.0 Å². The van der Waals surface area contributed by atoms with Crippen LogP contribution in [0, 0.1) is 0 Å². The Labute approximate surface area is 123 Å². The zero-order chi connectivity index (χ0) is 15.0. The third-order valence-corrected chi connectivity index (χ3v) is 4.53. The Hall–Kier alpha value is -1.06. The second-order valence-corrected chi connectivity index (χ2v) is 6.73. The number of hydrogen-bond acceptors (Lipinski definition) is 2. The van der Waals surface area contributed by atoms with E-state index in [9.17, 15) is 0 Å². The fourth-order valence-electron chi connectivity index (χ4n) is 2.56. The maximum atomic E-state index is 6.10. The second-order valence-electron chi connectivity index (χ2n) is 6.73. The van der Waals surface area contributed by atoms with E-state index in [0.29, 0.717) is 0 Å². The van der Waals surface area contributed by atoms with Crippen molar-refractivity contribution in [2.24, 2.45) is 0 Å². The highest BCUT2D eigenvalue weighted by atomic mass is 16.7. The lowest BCUT2D eigenvalue weighted by molar-refractivity contribution is 0.00578. The molecule has 0 aromatic heterocycles. The normalized spacial score (nSPS) is 21.8. The molecule has 0 aliphatic carbocycles. The first-order chi connectivity index (χ1) is 9.23. The summed E-state index contributed by atoms with van der Waals surface area (Å²) in [5.74, 6) is 0.269. The Balaban J connectivity index is 2.14. The highest BCUT2D eigenvalue weighted by Crippen LogP contribution is 2.40. The molecule has 3 heteroatoms. The molecular weight excluding hydrogens is 247 g/mol. The van der Waals surface area contributed by atoms with E-state index in [4.69, 9.17) is 9.31 Å². The monoisotopic (exact) mass is 272 g/mol. The van der Waals surface area contributed by atoms with Gasteiger partial charge in [0.05, 0.1) is 11.2 Å². The van der Waals surface area contributed by atoms with Gasteiger partial charge >= 0.3 is 7.12 Å². The van der Waals surface area contributed by atoms with Gasteiger partial charge in [0.15, 0.2) is 0 Å². The first kappa shape index (κ1) is 15.3. The smallest absolute Gasteiger partial charge is 0.403 e. The Morgan fingerprint density at radius 1 is 1.10 bits per heavy atom. The van der Waals surface area contributed by atoms with Crippen LogP contribution in [-0.4, -0.2) is 18.3 Å². The van der Waals surface area contributed by atoms with E-state index in [2.05, 4.69) is 65.5 Å². The first-order valence-corrected chi connectivity index (χ1v) is 7.29. The minimum atomic E-state index is -0.270. The molecule has 108 valence electrons. The molecular formula is C17H25BO2. The molecule has 0 radical (unpaired) electrons. The predicted molar refractivity (Wildman–Crippen MR) is 84.9 cm³/mol. The topological polar surface area (TPSA) is 18.5 Å². The molecule has 0 amide bonds. The van der Waals surface area contributed by atoms with Crippen molar-refractivity contribution in [3.8, 4) is 0 Å². The fourth-order valence-corrected chi connectivity index (χ4v) is 2.56. The molecule has 2 rings (SSSR count). The van der Waals surface area contributed by atoms with Crippen LogP contribution in [0.2, 0.25) is 6.32 Å². The Morgan fingerprint density at radius 3 is 2.05 bits per heavy atom. The van der Waals surface area contributed by atoms with Gasteiger partial charge in [-0.3, -0.25) is 0 Å². The highest BCUT2D eigenvalue weighted by molar-refractivity contribution is 6.45.